The molecule has 1 N–H and O–H groups in total. The largest absolute Gasteiger partial charge is 0.338 e. The molecule has 1 heterocycles. The van der Waals surface area contributed by atoms with Crippen molar-refractivity contribution >= 4 is 17.5 Å². The first-order chi connectivity index (χ1) is 13.3. The van der Waals surface area contributed by atoms with E-state index in [0.29, 0.717) is 18.7 Å². The average Bonchev–Trinajstić information content (AvgIpc) is 2.93. The van der Waals surface area contributed by atoms with E-state index in [9.17, 15) is 14.4 Å². The van der Waals surface area contributed by atoms with Crippen molar-refractivity contribution in [3.05, 3.63) is 70.8 Å². The second-order valence-electron chi connectivity index (χ2n) is 7.84. The first-order valence-electron chi connectivity index (χ1n) is 9.61. The van der Waals surface area contributed by atoms with Crippen LogP contribution in [0.1, 0.15) is 33.1 Å². The Bertz CT molecular complexity index is 905. The minimum Gasteiger partial charge on any atom is -0.338 e. The molecule has 1 saturated heterocycles. The first-order valence-corrected chi connectivity index (χ1v) is 9.61. The van der Waals surface area contributed by atoms with Crippen molar-refractivity contribution in [1.29, 1.82) is 0 Å². The summed E-state index contributed by atoms with van der Waals surface area (Å²) in [6.45, 7) is 4.91. The number of benzene rings is 2. The standard InChI is InChI=1S/C23H26N2O3/c1-15-10-11-16(2)18(14-15)21(26)19-20(17-8-6-5-7-9-17)25(13-12-24(3)4)23(28)22(19)27/h5-11,14,19-20H,12-13H2,1-4H3/p+1. The van der Waals surface area contributed by atoms with Gasteiger partial charge in [0.1, 0.15) is 5.92 Å². The predicted molar refractivity (Wildman–Crippen MR) is 107 cm³/mol. The normalized spacial score (nSPS) is 19.5. The summed E-state index contributed by atoms with van der Waals surface area (Å²) in [7, 11) is 4.00. The molecule has 2 aromatic rings. The average molecular weight is 379 g/mol. The van der Waals surface area contributed by atoms with Gasteiger partial charge in [-0.2, -0.15) is 0 Å². The lowest BCUT2D eigenvalue weighted by Crippen LogP contribution is -3.06. The predicted octanol–water partition coefficient (Wildman–Crippen LogP) is 1.40. The summed E-state index contributed by atoms with van der Waals surface area (Å²) < 4.78 is 0. The molecule has 1 fully saturated rings. The highest BCUT2D eigenvalue weighted by atomic mass is 16.2. The Kier molecular flexibility index (Phi) is 5.75. The molecule has 28 heavy (non-hydrogen) atoms. The van der Waals surface area contributed by atoms with Gasteiger partial charge < -0.3 is 9.80 Å². The van der Waals surface area contributed by atoms with Gasteiger partial charge in [0.2, 0.25) is 5.78 Å². The molecule has 3 rings (SSSR count). The van der Waals surface area contributed by atoms with Gasteiger partial charge in [-0.1, -0.05) is 48.0 Å². The number of Topliss-reactive ketones (excluding diaryl/α,β-unsaturated/α-hetero) is 2. The summed E-state index contributed by atoms with van der Waals surface area (Å²) in [6, 6.07) is 14.5. The lowest BCUT2D eigenvalue weighted by atomic mass is 9.84. The molecule has 0 bridgehead atoms. The van der Waals surface area contributed by atoms with Gasteiger partial charge in [-0.05, 0) is 31.0 Å². The maximum absolute atomic E-state index is 13.4. The SMILES string of the molecule is Cc1ccc(C)c(C(=O)C2C(=O)C(=O)N(CC[NH+](C)C)C2c2ccccc2)c1. The molecular formula is C23H27N2O3+. The highest BCUT2D eigenvalue weighted by molar-refractivity contribution is 6.44. The van der Waals surface area contributed by atoms with E-state index in [1.54, 1.807) is 4.90 Å². The zero-order valence-electron chi connectivity index (χ0n) is 16.9. The Morgan fingerprint density at radius 1 is 1.04 bits per heavy atom. The molecule has 2 unspecified atom stereocenters. The van der Waals surface area contributed by atoms with Gasteiger partial charge >= 0.3 is 0 Å². The van der Waals surface area contributed by atoms with Crippen LogP contribution in [0.3, 0.4) is 0 Å². The van der Waals surface area contributed by atoms with E-state index in [1.165, 1.54) is 4.90 Å². The molecule has 146 valence electrons. The number of likely N-dealkylation sites (tertiary alicyclic amines) is 1. The quantitative estimate of drug-likeness (QED) is 0.469. The third-order valence-electron chi connectivity index (χ3n) is 5.34. The summed E-state index contributed by atoms with van der Waals surface area (Å²) >= 11 is 0. The molecule has 0 aliphatic carbocycles. The topological polar surface area (TPSA) is 58.9 Å². The number of aryl methyl sites for hydroxylation is 2. The van der Waals surface area contributed by atoms with Crippen molar-refractivity contribution in [3.63, 3.8) is 0 Å². The number of carbonyl (C=O) groups is 3. The van der Waals surface area contributed by atoms with E-state index in [0.717, 1.165) is 16.7 Å². The summed E-state index contributed by atoms with van der Waals surface area (Å²) in [6.07, 6.45) is 0. The van der Waals surface area contributed by atoms with Crippen LogP contribution in [0.5, 0.6) is 0 Å². The molecule has 5 heteroatoms. The first kappa shape index (κ1) is 20.0. The number of hydrogen-bond acceptors (Lipinski definition) is 3. The molecule has 1 aliphatic rings. The molecule has 2 aromatic carbocycles. The molecule has 5 nitrogen and oxygen atoms in total. The number of nitrogens with zero attached hydrogens (tertiary/aromatic N) is 1. The van der Waals surface area contributed by atoms with E-state index in [1.807, 2.05) is 76.5 Å². The fourth-order valence-electron chi connectivity index (χ4n) is 3.76. The lowest BCUT2D eigenvalue weighted by molar-refractivity contribution is -0.857. The number of rotatable bonds is 6. The zero-order valence-corrected chi connectivity index (χ0v) is 16.9. The Morgan fingerprint density at radius 2 is 1.71 bits per heavy atom. The van der Waals surface area contributed by atoms with E-state index in [-0.39, 0.29) is 5.78 Å². The van der Waals surface area contributed by atoms with Crippen LogP contribution >= 0.6 is 0 Å². The van der Waals surface area contributed by atoms with Crippen LogP contribution in [0.2, 0.25) is 0 Å². The number of quaternary nitrogens is 1. The Hall–Kier alpha value is -2.79. The molecular weight excluding hydrogens is 352 g/mol. The third kappa shape index (κ3) is 3.76. The van der Waals surface area contributed by atoms with Crippen molar-refractivity contribution < 1.29 is 19.3 Å². The van der Waals surface area contributed by atoms with Gasteiger partial charge in [-0.25, -0.2) is 0 Å². The maximum Gasteiger partial charge on any atom is 0.291 e. The molecule has 1 aliphatic heterocycles. The fourth-order valence-corrected chi connectivity index (χ4v) is 3.76. The number of nitrogens with one attached hydrogen (secondary N) is 1. The summed E-state index contributed by atoms with van der Waals surface area (Å²) in [5.74, 6) is -2.44. The van der Waals surface area contributed by atoms with E-state index < -0.39 is 23.7 Å². The van der Waals surface area contributed by atoms with Crippen LogP contribution in [0.15, 0.2) is 48.5 Å². The Balaban J connectivity index is 2.06. The molecule has 1 amide bonds. The van der Waals surface area contributed by atoms with Crippen LogP contribution in [0, 0.1) is 19.8 Å². The van der Waals surface area contributed by atoms with E-state index in [2.05, 4.69) is 0 Å². The van der Waals surface area contributed by atoms with Crippen molar-refractivity contribution in [2.24, 2.45) is 5.92 Å². The number of hydrogen-bond donors (Lipinski definition) is 1. The minimum atomic E-state index is -1.01. The summed E-state index contributed by atoms with van der Waals surface area (Å²) in [5, 5.41) is 0. The van der Waals surface area contributed by atoms with Gasteiger partial charge in [0.15, 0.2) is 5.78 Å². The summed E-state index contributed by atoms with van der Waals surface area (Å²) in [4.78, 5) is 41.9. The molecule has 0 spiro atoms. The molecule has 2 atom stereocenters. The van der Waals surface area contributed by atoms with Crippen LogP contribution < -0.4 is 4.90 Å². The van der Waals surface area contributed by atoms with Crippen LogP contribution in [0.4, 0.5) is 0 Å². The summed E-state index contributed by atoms with van der Waals surface area (Å²) in [5.41, 5.74) is 3.11. The van der Waals surface area contributed by atoms with Crippen molar-refractivity contribution in [1.82, 2.24) is 4.90 Å². The number of amides is 1. The third-order valence-corrected chi connectivity index (χ3v) is 5.34. The Labute approximate surface area is 166 Å². The van der Waals surface area contributed by atoms with E-state index in [4.69, 9.17) is 0 Å². The smallest absolute Gasteiger partial charge is 0.291 e. The molecule has 0 radical (unpaired) electrons. The van der Waals surface area contributed by atoms with Crippen LogP contribution in [-0.2, 0) is 9.59 Å². The zero-order chi connectivity index (χ0) is 20.4. The highest BCUT2D eigenvalue weighted by Gasteiger charge is 2.51. The number of likely N-dealkylation sites (N-methyl/N-ethyl adjacent to an activating group) is 1. The second-order valence-corrected chi connectivity index (χ2v) is 7.84. The van der Waals surface area contributed by atoms with Gasteiger partial charge in [0.05, 0.1) is 33.2 Å². The van der Waals surface area contributed by atoms with Crippen LogP contribution in [0.25, 0.3) is 0 Å². The highest BCUT2D eigenvalue weighted by Crippen LogP contribution is 2.38. The number of ketones is 2. The molecule has 0 aromatic heterocycles. The van der Waals surface area contributed by atoms with Gasteiger partial charge in [0, 0.05) is 5.56 Å². The van der Waals surface area contributed by atoms with Gasteiger partial charge in [-0.15, -0.1) is 0 Å². The number of carbonyl (C=O) groups excluding carboxylic acids is 3. The fraction of sp³-hybridized carbons (Fsp3) is 0.348. The van der Waals surface area contributed by atoms with Crippen LogP contribution in [-0.4, -0.2) is 49.6 Å². The van der Waals surface area contributed by atoms with Crippen molar-refractivity contribution in [2.75, 3.05) is 27.2 Å². The second kappa shape index (κ2) is 8.07. The van der Waals surface area contributed by atoms with Gasteiger partial charge in [0.25, 0.3) is 5.91 Å². The molecule has 0 saturated carbocycles. The van der Waals surface area contributed by atoms with Gasteiger partial charge in [-0.3, -0.25) is 14.4 Å². The van der Waals surface area contributed by atoms with Crippen molar-refractivity contribution in [3.8, 4) is 0 Å². The monoisotopic (exact) mass is 379 g/mol. The Morgan fingerprint density at radius 3 is 2.36 bits per heavy atom. The van der Waals surface area contributed by atoms with Crippen molar-refractivity contribution in [2.45, 2.75) is 19.9 Å². The lowest BCUT2D eigenvalue weighted by Gasteiger charge is -2.27. The maximum atomic E-state index is 13.4. The minimum absolute atomic E-state index is 0.270. The van der Waals surface area contributed by atoms with E-state index >= 15 is 0 Å².